The Labute approximate surface area is 90.1 Å². The van der Waals surface area contributed by atoms with Crippen LogP contribution in [0.1, 0.15) is 65.2 Å². The van der Waals surface area contributed by atoms with Crippen LogP contribution in [0.2, 0.25) is 0 Å². The quantitative estimate of drug-likeness (QED) is 0.347. The van der Waals surface area contributed by atoms with Gasteiger partial charge in [-0.2, -0.15) is 0 Å². The summed E-state index contributed by atoms with van der Waals surface area (Å²) in [7, 11) is 0. The van der Waals surface area contributed by atoms with Crippen LogP contribution in [0.15, 0.2) is 24.3 Å². The van der Waals surface area contributed by atoms with Gasteiger partial charge in [-0.15, -0.1) is 6.58 Å². The molecule has 0 aromatic carbocycles. The Morgan fingerprint density at radius 1 is 1.00 bits per heavy atom. The molecule has 0 saturated heterocycles. The summed E-state index contributed by atoms with van der Waals surface area (Å²) in [5.74, 6) is 0. The van der Waals surface area contributed by atoms with Gasteiger partial charge in [0.2, 0.25) is 0 Å². The van der Waals surface area contributed by atoms with Gasteiger partial charge < -0.3 is 0 Å². The Morgan fingerprint density at radius 3 is 2.36 bits per heavy atom. The van der Waals surface area contributed by atoms with Crippen molar-refractivity contribution in [2.45, 2.75) is 65.2 Å². The molecule has 0 atom stereocenters. The van der Waals surface area contributed by atoms with Crippen molar-refractivity contribution in [2.24, 2.45) is 0 Å². The lowest BCUT2D eigenvalue weighted by molar-refractivity contribution is 0.747. The first-order valence-electron chi connectivity index (χ1n) is 6.13. The number of hydrogen-bond acceptors (Lipinski definition) is 0. The number of rotatable bonds is 9. The zero-order valence-corrected chi connectivity index (χ0v) is 10.0. The Hall–Kier alpha value is -0.520. The lowest BCUT2D eigenvalue weighted by atomic mass is 10.0. The number of unbranched alkanes of at least 4 members (excludes halogenated alkanes) is 3. The van der Waals surface area contributed by atoms with Crippen molar-refractivity contribution in [2.75, 3.05) is 0 Å². The van der Waals surface area contributed by atoms with Gasteiger partial charge in [0, 0.05) is 0 Å². The molecule has 0 rings (SSSR count). The molecule has 0 spiro atoms. The van der Waals surface area contributed by atoms with Crippen molar-refractivity contribution in [3.8, 4) is 0 Å². The van der Waals surface area contributed by atoms with E-state index in [1.165, 1.54) is 44.9 Å². The van der Waals surface area contributed by atoms with Gasteiger partial charge in [-0.05, 0) is 32.1 Å². The fourth-order valence-electron chi connectivity index (χ4n) is 1.63. The molecule has 0 nitrogen and oxygen atoms in total. The molecule has 0 bridgehead atoms. The Kier molecular flexibility index (Phi) is 10.2. The first-order chi connectivity index (χ1) is 6.85. The fraction of sp³-hybridized carbons (Fsp3) is 0.714. The minimum Gasteiger partial charge on any atom is -0.103 e. The maximum Gasteiger partial charge on any atom is -0.0317 e. The van der Waals surface area contributed by atoms with Gasteiger partial charge in [-0.3, -0.25) is 0 Å². The van der Waals surface area contributed by atoms with E-state index in [1.54, 1.807) is 5.57 Å². The molecule has 0 heterocycles. The van der Waals surface area contributed by atoms with E-state index in [0.29, 0.717) is 0 Å². The third kappa shape index (κ3) is 8.10. The van der Waals surface area contributed by atoms with E-state index in [1.807, 2.05) is 6.08 Å². The predicted octanol–water partition coefficient (Wildman–Crippen LogP) is 5.26. The van der Waals surface area contributed by atoms with E-state index < -0.39 is 0 Å². The van der Waals surface area contributed by atoms with Gasteiger partial charge in [-0.25, -0.2) is 0 Å². The zero-order valence-electron chi connectivity index (χ0n) is 10.0. The third-order valence-corrected chi connectivity index (χ3v) is 2.47. The van der Waals surface area contributed by atoms with Crippen LogP contribution in [0.3, 0.4) is 0 Å². The van der Waals surface area contributed by atoms with Gasteiger partial charge in [0.1, 0.15) is 0 Å². The van der Waals surface area contributed by atoms with Crippen molar-refractivity contribution in [3.63, 3.8) is 0 Å². The first kappa shape index (κ1) is 13.5. The first-order valence-corrected chi connectivity index (χ1v) is 6.13. The van der Waals surface area contributed by atoms with E-state index in [9.17, 15) is 0 Å². The van der Waals surface area contributed by atoms with E-state index in [-0.39, 0.29) is 0 Å². The summed E-state index contributed by atoms with van der Waals surface area (Å²) in [6.07, 6.45) is 14.7. The van der Waals surface area contributed by atoms with Crippen LogP contribution in [-0.4, -0.2) is 0 Å². The summed E-state index contributed by atoms with van der Waals surface area (Å²) in [5.41, 5.74) is 1.67. The number of hydrogen-bond donors (Lipinski definition) is 0. The molecule has 0 aliphatic carbocycles. The second kappa shape index (κ2) is 10.6. The predicted molar refractivity (Wildman–Crippen MR) is 66.6 cm³/mol. The molecule has 0 amide bonds. The fourth-order valence-corrected chi connectivity index (χ4v) is 1.63. The lowest BCUT2D eigenvalue weighted by Crippen LogP contribution is -1.85. The minimum absolute atomic E-state index is 1.16. The molecule has 82 valence electrons. The van der Waals surface area contributed by atoms with E-state index >= 15 is 0 Å². The SMILES string of the molecule is C=CCCCC(=CCCCC)CCC. The Balaban J connectivity index is 3.74. The second-order valence-electron chi connectivity index (χ2n) is 3.94. The molecule has 0 saturated carbocycles. The molecule has 0 heteroatoms. The molecule has 0 aliphatic rings. The summed E-state index contributed by atoms with van der Waals surface area (Å²) in [6, 6.07) is 0. The van der Waals surface area contributed by atoms with Gasteiger partial charge in [0.05, 0.1) is 0 Å². The average molecular weight is 194 g/mol. The normalized spacial score (nSPS) is 11.7. The Bertz CT molecular complexity index is 153. The summed E-state index contributed by atoms with van der Waals surface area (Å²) >= 11 is 0. The van der Waals surface area contributed by atoms with Crippen LogP contribution in [0.5, 0.6) is 0 Å². The molecule has 0 aromatic rings. The molecule has 0 aliphatic heterocycles. The zero-order chi connectivity index (χ0) is 10.6. The third-order valence-electron chi connectivity index (χ3n) is 2.47. The summed E-state index contributed by atoms with van der Waals surface area (Å²) in [4.78, 5) is 0. The van der Waals surface area contributed by atoms with Crippen molar-refractivity contribution in [3.05, 3.63) is 24.3 Å². The average Bonchev–Trinajstić information content (AvgIpc) is 2.18. The second-order valence-corrected chi connectivity index (χ2v) is 3.94. The topological polar surface area (TPSA) is 0 Å². The molecular weight excluding hydrogens is 168 g/mol. The van der Waals surface area contributed by atoms with Crippen molar-refractivity contribution >= 4 is 0 Å². The largest absolute Gasteiger partial charge is 0.103 e. The van der Waals surface area contributed by atoms with Crippen LogP contribution in [0, 0.1) is 0 Å². The lowest BCUT2D eigenvalue weighted by Gasteiger charge is -2.05. The van der Waals surface area contributed by atoms with Crippen molar-refractivity contribution in [1.82, 2.24) is 0 Å². The van der Waals surface area contributed by atoms with Crippen LogP contribution < -0.4 is 0 Å². The molecular formula is C14H26. The highest BCUT2D eigenvalue weighted by Crippen LogP contribution is 2.15. The summed E-state index contributed by atoms with van der Waals surface area (Å²) < 4.78 is 0. The number of allylic oxidation sites excluding steroid dienone is 3. The van der Waals surface area contributed by atoms with Crippen LogP contribution >= 0.6 is 0 Å². The highest BCUT2D eigenvalue weighted by molar-refractivity contribution is 5.01. The van der Waals surface area contributed by atoms with Gasteiger partial charge >= 0.3 is 0 Å². The maximum atomic E-state index is 3.76. The smallest absolute Gasteiger partial charge is 0.0317 e. The Morgan fingerprint density at radius 2 is 1.79 bits per heavy atom. The molecule has 0 aromatic heterocycles. The van der Waals surface area contributed by atoms with Gasteiger partial charge in [0.15, 0.2) is 0 Å². The van der Waals surface area contributed by atoms with Crippen LogP contribution in [0.4, 0.5) is 0 Å². The minimum atomic E-state index is 1.16. The highest BCUT2D eigenvalue weighted by atomic mass is 14.0. The molecule has 14 heavy (non-hydrogen) atoms. The molecule has 0 fully saturated rings. The summed E-state index contributed by atoms with van der Waals surface area (Å²) in [5, 5.41) is 0. The van der Waals surface area contributed by atoms with Crippen LogP contribution in [0.25, 0.3) is 0 Å². The van der Waals surface area contributed by atoms with Gasteiger partial charge in [0.25, 0.3) is 0 Å². The summed E-state index contributed by atoms with van der Waals surface area (Å²) in [6.45, 7) is 8.28. The monoisotopic (exact) mass is 194 g/mol. The van der Waals surface area contributed by atoms with E-state index in [2.05, 4.69) is 26.5 Å². The van der Waals surface area contributed by atoms with Crippen molar-refractivity contribution < 1.29 is 0 Å². The molecule has 0 radical (unpaired) electrons. The maximum absolute atomic E-state index is 3.76. The standard InChI is InChI=1S/C14H26/c1-4-7-9-12-14(11-6-3)13-10-8-5-2/h4,13H,1,5-12H2,2-3H3. The highest BCUT2D eigenvalue weighted by Gasteiger charge is 1.95. The van der Waals surface area contributed by atoms with E-state index in [4.69, 9.17) is 0 Å². The van der Waals surface area contributed by atoms with Crippen LogP contribution in [-0.2, 0) is 0 Å². The molecule has 0 unspecified atom stereocenters. The molecule has 0 N–H and O–H groups in total. The van der Waals surface area contributed by atoms with Crippen molar-refractivity contribution in [1.29, 1.82) is 0 Å². The van der Waals surface area contributed by atoms with E-state index in [0.717, 1.165) is 6.42 Å². The van der Waals surface area contributed by atoms with Gasteiger partial charge in [-0.1, -0.05) is 50.8 Å².